The van der Waals surface area contributed by atoms with Gasteiger partial charge in [0.15, 0.2) is 11.9 Å². The average Bonchev–Trinajstić information content (AvgIpc) is 2.41. The Balaban J connectivity index is 2.84. The zero-order valence-corrected chi connectivity index (χ0v) is 15.7. The highest BCUT2D eigenvalue weighted by atomic mass is 15.3. The van der Waals surface area contributed by atoms with Crippen molar-refractivity contribution in [2.45, 2.75) is 37.8 Å². The molecule has 0 N–H and O–H groups in total. The molecule has 0 aromatic heterocycles. The summed E-state index contributed by atoms with van der Waals surface area (Å²) in [7, 11) is 16.4. The standard InChI is InChI=1S/C16H34N6/c1-19(2)15(20(3)4)17-13-10-9-11-14(12-13)18-16(21(5)6)22(7)8/h13-14H,9-12H2,1-8H3/t13-,14+. The van der Waals surface area contributed by atoms with E-state index in [2.05, 4.69) is 19.6 Å². The van der Waals surface area contributed by atoms with E-state index in [4.69, 9.17) is 9.98 Å². The minimum atomic E-state index is 0.368. The van der Waals surface area contributed by atoms with E-state index in [1.807, 2.05) is 56.4 Å². The van der Waals surface area contributed by atoms with Crippen molar-refractivity contribution >= 4 is 11.9 Å². The van der Waals surface area contributed by atoms with Crippen LogP contribution in [-0.2, 0) is 0 Å². The van der Waals surface area contributed by atoms with Crippen molar-refractivity contribution in [1.29, 1.82) is 0 Å². The van der Waals surface area contributed by atoms with Gasteiger partial charge in [-0.15, -0.1) is 0 Å². The molecule has 0 saturated heterocycles. The molecule has 0 amide bonds. The first-order valence-electron chi connectivity index (χ1n) is 8.07. The SMILES string of the molecule is CN(C)C(=N[C@@H]1CCC[C@H](N=C(N(C)C)N(C)C)C1)N(C)C. The number of hydrogen-bond acceptors (Lipinski definition) is 2. The van der Waals surface area contributed by atoms with Crippen LogP contribution in [0.4, 0.5) is 0 Å². The van der Waals surface area contributed by atoms with Crippen molar-refractivity contribution in [1.82, 2.24) is 19.6 Å². The van der Waals surface area contributed by atoms with Crippen LogP contribution in [0.2, 0.25) is 0 Å². The summed E-state index contributed by atoms with van der Waals surface area (Å²) in [5, 5.41) is 0. The van der Waals surface area contributed by atoms with Crippen LogP contribution < -0.4 is 0 Å². The first-order valence-corrected chi connectivity index (χ1v) is 8.07. The zero-order valence-electron chi connectivity index (χ0n) is 15.7. The van der Waals surface area contributed by atoms with Crippen molar-refractivity contribution in [3.63, 3.8) is 0 Å². The van der Waals surface area contributed by atoms with Gasteiger partial charge < -0.3 is 19.6 Å². The third-order valence-electron chi connectivity index (χ3n) is 3.81. The van der Waals surface area contributed by atoms with Gasteiger partial charge in [0.05, 0.1) is 12.1 Å². The van der Waals surface area contributed by atoms with Crippen LogP contribution in [0, 0.1) is 0 Å². The Morgan fingerprint density at radius 2 is 0.955 bits per heavy atom. The molecule has 1 saturated carbocycles. The second-order valence-electron chi connectivity index (χ2n) is 6.91. The van der Waals surface area contributed by atoms with E-state index in [0.29, 0.717) is 12.1 Å². The lowest BCUT2D eigenvalue weighted by Crippen LogP contribution is -2.39. The molecule has 1 fully saturated rings. The molecule has 0 radical (unpaired) electrons. The summed E-state index contributed by atoms with van der Waals surface area (Å²) in [5.41, 5.74) is 0. The van der Waals surface area contributed by atoms with Gasteiger partial charge in [0.25, 0.3) is 0 Å². The van der Waals surface area contributed by atoms with Crippen molar-refractivity contribution in [2.75, 3.05) is 56.4 Å². The Labute approximate surface area is 136 Å². The number of guanidine groups is 2. The first-order chi connectivity index (χ1) is 10.2. The van der Waals surface area contributed by atoms with Crippen LogP contribution in [0.15, 0.2) is 9.98 Å². The second kappa shape index (κ2) is 8.25. The summed E-state index contributed by atoms with van der Waals surface area (Å²) in [6.45, 7) is 0. The lowest BCUT2D eigenvalue weighted by atomic mass is 9.92. The lowest BCUT2D eigenvalue weighted by Gasteiger charge is -2.30. The highest BCUT2D eigenvalue weighted by molar-refractivity contribution is 5.80. The normalized spacial score (nSPS) is 20.9. The van der Waals surface area contributed by atoms with Crippen LogP contribution in [0.25, 0.3) is 0 Å². The fourth-order valence-electron chi connectivity index (χ4n) is 2.96. The Bertz CT molecular complexity index is 341. The van der Waals surface area contributed by atoms with E-state index in [9.17, 15) is 0 Å². The minimum absolute atomic E-state index is 0.368. The fourth-order valence-corrected chi connectivity index (χ4v) is 2.96. The highest BCUT2D eigenvalue weighted by Crippen LogP contribution is 2.24. The third kappa shape index (κ3) is 5.39. The van der Waals surface area contributed by atoms with Gasteiger partial charge in [0.1, 0.15) is 0 Å². The van der Waals surface area contributed by atoms with E-state index < -0.39 is 0 Å². The van der Waals surface area contributed by atoms with Crippen LogP contribution in [0.3, 0.4) is 0 Å². The van der Waals surface area contributed by atoms with Gasteiger partial charge in [-0.2, -0.15) is 0 Å². The molecule has 0 heterocycles. The molecule has 0 aromatic carbocycles. The summed E-state index contributed by atoms with van der Waals surface area (Å²) in [6.07, 6.45) is 4.56. The maximum Gasteiger partial charge on any atom is 0.195 e. The second-order valence-corrected chi connectivity index (χ2v) is 6.91. The molecule has 0 spiro atoms. The van der Waals surface area contributed by atoms with Crippen LogP contribution in [0.5, 0.6) is 0 Å². The van der Waals surface area contributed by atoms with E-state index in [1.54, 1.807) is 0 Å². The summed E-state index contributed by atoms with van der Waals surface area (Å²) in [6, 6.07) is 0.737. The summed E-state index contributed by atoms with van der Waals surface area (Å²) in [5.74, 6) is 2.07. The molecule has 0 bridgehead atoms. The molecule has 1 aliphatic rings. The van der Waals surface area contributed by atoms with Gasteiger partial charge in [0.2, 0.25) is 0 Å². The van der Waals surface area contributed by atoms with Gasteiger partial charge in [-0.1, -0.05) is 0 Å². The summed E-state index contributed by atoms with van der Waals surface area (Å²) >= 11 is 0. The number of aliphatic imine (C=N–C) groups is 2. The van der Waals surface area contributed by atoms with E-state index in [-0.39, 0.29) is 0 Å². The molecule has 128 valence electrons. The molecular weight excluding hydrogens is 276 g/mol. The van der Waals surface area contributed by atoms with Crippen molar-refractivity contribution in [3.05, 3.63) is 0 Å². The molecule has 1 rings (SSSR count). The quantitative estimate of drug-likeness (QED) is 0.568. The summed E-state index contributed by atoms with van der Waals surface area (Å²) in [4.78, 5) is 18.2. The predicted octanol–water partition coefficient (Wildman–Crippen LogP) is 1.26. The fraction of sp³-hybridized carbons (Fsp3) is 0.875. The highest BCUT2D eigenvalue weighted by Gasteiger charge is 2.23. The lowest BCUT2D eigenvalue weighted by molar-refractivity contribution is 0.372. The maximum absolute atomic E-state index is 4.95. The van der Waals surface area contributed by atoms with Gasteiger partial charge in [-0.25, -0.2) is 9.98 Å². The van der Waals surface area contributed by atoms with Crippen LogP contribution >= 0.6 is 0 Å². The zero-order chi connectivity index (χ0) is 16.9. The molecular formula is C16H34N6. The topological polar surface area (TPSA) is 37.7 Å². The minimum Gasteiger partial charge on any atom is -0.349 e. The summed E-state index contributed by atoms with van der Waals surface area (Å²) < 4.78 is 0. The van der Waals surface area contributed by atoms with Crippen LogP contribution in [-0.4, -0.2) is 100.0 Å². The van der Waals surface area contributed by atoms with Gasteiger partial charge in [-0.05, 0) is 25.7 Å². The Kier molecular flexibility index (Phi) is 6.97. The Morgan fingerprint density at radius 3 is 1.23 bits per heavy atom. The average molecular weight is 310 g/mol. The first kappa shape index (κ1) is 18.6. The molecule has 0 aromatic rings. The molecule has 2 atom stereocenters. The molecule has 6 nitrogen and oxygen atoms in total. The van der Waals surface area contributed by atoms with Crippen molar-refractivity contribution < 1.29 is 0 Å². The van der Waals surface area contributed by atoms with Gasteiger partial charge in [0, 0.05) is 56.4 Å². The number of nitrogens with zero attached hydrogens (tertiary/aromatic N) is 6. The number of rotatable bonds is 2. The molecule has 0 aliphatic heterocycles. The van der Waals surface area contributed by atoms with Gasteiger partial charge >= 0.3 is 0 Å². The molecule has 0 unspecified atom stereocenters. The van der Waals surface area contributed by atoms with Gasteiger partial charge in [-0.3, -0.25) is 0 Å². The van der Waals surface area contributed by atoms with Crippen molar-refractivity contribution in [2.24, 2.45) is 9.98 Å². The number of hydrogen-bond donors (Lipinski definition) is 0. The Morgan fingerprint density at radius 1 is 0.636 bits per heavy atom. The van der Waals surface area contributed by atoms with Crippen LogP contribution in [0.1, 0.15) is 25.7 Å². The largest absolute Gasteiger partial charge is 0.349 e. The molecule has 22 heavy (non-hydrogen) atoms. The van der Waals surface area contributed by atoms with E-state index in [0.717, 1.165) is 31.2 Å². The monoisotopic (exact) mass is 310 g/mol. The van der Waals surface area contributed by atoms with E-state index in [1.165, 1.54) is 6.42 Å². The van der Waals surface area contributed by atoms with Crippen molar-refractivity contribution in [3.8, 4) is 0 Å². The van der Waals surface area contributed by atoms with E-state index >= 15 is 0 Å². The predicted molar refractivity (Wildman–Crippen MR) is 95.7 cm³/mol. The molecule has 6 heteroatoms. The third-order valence-corrected chi connectivity index (χ3v) is 3.81. The maximum atomic E-state index is 4.95. The Hall–Kier alpha value is -1.46. The smallest absolute Gasteiger partial charge is 0.195 e. The molecule has 1 aliphatic carbocycles.